The maximum Gasteiger partial charge on any atom is 0.108 e. The molecule has 1 aliphatic rings. The predicted molar refractivity (Wildman–Crippen MR) is 85.6 cm³/mol. The molecule has 0 aromatic rings. The number of rotatable bonds is 8. The molecule has 0 saturated heterocycles. The first-order valence-corrected chi connectivity index (χ1v) is 8.51. The fraction of sp³-hybridized carbons (Fsp3) is 0.941. The molecule has 1 N–H and O–H groups in total. The van der Waals surface area contributed by atoms with Crippen molar-refractivity contribution in [3.8, 4) is 6.07 Å². The van der Waals surface area contributed by atoms with E-state index in [1.165, 1.54) is 25.8 Å². The molecule has 116 valence electrons. The molecule has 0 radical (unpaired) electrons. The van der Waals surface area contributed by atoms with Crippen molar-refractivity contribution in [1.82, 2.24) is 10.2 Å². The van der Waals surface area contributed by atoms with E-state index in [9.17, 15) is 5.26 Å². The van der Waals surface area contributed by atoms with Gasteiger partial charge in [0.05, 0.1) is 6.07 Å². The molecule has 1 fully saturated rings. The second-order valence-corrected chi connectivity index (χ2v) is 6.47. The summed E-state index contributed by atoms with van der Waals surface area (Å²) in [6.45, 7) is 12.2. The van der Waals surface area contributed by atoms with Gasteiger partial charge in [-0.15, -0.1) is 0 Å². The lowest BCUT2D eigenvalue weighted by Crippen LogP contribution is -2.53. The van der Waals surface area contributed by atoms with Gasteiger partial charge in [-0.3, -0.25) is 5.32 Å². The van der Waals surface area contributed by atoms with Gasteiger partial charge in [0.2, 0.25) is 0 Å². The zero-order valence-electron chi connectivity index (χ0n) is 13.9. The second-order valence-electron chi connectivity index (χ2n) is 6.47. The molecule has 3 unspecified atom stereocenters. The molecule has 0 aliphatic heterocycles. The molecule has 20 heavy (non-hydrogen) atoms. The maximum atomic E-state index is 9.64. The van der Waals surface area contributed by atoms with Gasteiger partial charge in [-0.1, -0.05) is 34.1 Å². The first-order chi connectivity index (χ1) is 9.60. The number of nitrogens with zero attached hydrogens (tertiary/aromatic N) is 2. The Balaban J connectivity index is 2.67. The molecule has 3 nitrogen and oxygen atoms in total. The van der Waals surface area contributed by atoms with Crippen molar-refractivity contribution in [2.75, 3.05) is 19.6 Å². The molecule has 0 heterocycles. The van der Waals surface area contributed by atoms with Crippen molar-refractivity contribution in [3.05, 3.63) is 0 Å². The summed E-state index contributed by atoms with van der Waals surface area (Å²) < 4.78 is 0. The molecule has 3 heteroatoms. The average Bonchev–Trinajstić information content (AvgIpc) is 2.50. The lowest BCUT2D eigenvalue weighted by atomic mass is 9.79. The zero-order valence-corrected chi connectivity index (χ0v) is 13.9. The van der Waals surface area contributed by atoms with Crippen LogP contribution in [0.1, 0.15) is 66.2 Å². The highest BCUT2D eigenvalue weighted by Crippen LogP contribution is 2.31. The summed E-state index contributed by atoms with van der Waals surface area (Å²) in [6.07, 6.45) is 6.77. The smallest absolute Gasteiger partial charge is 0.108 e. The Morgan fingerprint density at radius 3 is 2.70 bits per heavy atom. The van der Waals surface area contributed by atoms with Crippen molar-refractivity contribution in [2.45, 2.75) is 77.8 Å². The highest BCUT2D eigenvalue weighted by atomic mass is 15.2. The molecule has 0 bridgehead atoms. The van der Waals surface area contributed by atoms with Gasteiger partial charge in [0.25, 0.3) is 0 Å². The Morgan fingerprint density at radius 2 is 2.15 bits per heavy atom. The molecule has 3 atom stereocenters. The third-order valence-electron chi connectivity index (χ3n) is 4.82. The van der Waals surface area contributed by atoms with E-state index in [0.717, 1.165) is 38.3 Å². The van der Waals surface area contributed by atoms with Gasteiger partial charge < -0.3 is 4.90 Å². The number of hydrogen-bond donors (Lipinski definition) is 1. The minimum absolute atomic E-state index is 0.276. The van der Waals surface area contributed by atoms with Crippen molar-refractivity contribution in [1.29, 1.82) is 5.26 Å². The molecule has 1 rings (SSSR count). The average molecular weight is 279 g/mol. The summed E-state index contributed by atoms with van der Waals surface area (Å²) in [5.74, 6) is 0.747. The Hall–Kier alpha value is -0.590. The third-order valence-corrected chi connectivity index (χ3v) is 4.82. The highest BCUT2D eigenvalue weighted by Gasteiger charge is 2.37. The molecule has 1 saturated carbocycles. The van der Waals surface area contributed by atoms with Crippen LogP contribution in [0.25, 0.3) is 0 Å². The topological polar surface area (TPSA) is 39.1 Å². The Kier molecular flexibility index (Phi) is 7.55. The normalized spacial score (nSPS) is 28.3. The first-order valence-electron chi connectivity index (χ1n) is 8.51. The standard InChI is InChI=1S/C17H33N3/c1-5-11-19-17(14-18)10-8-9-16(12-17)20(7-3)13-15(4)6-2/h15-16,19H,5-13H2,1-4H3. The summed E-state index contributed by atoms with van der Waals surface area (Å²) in [5.41, 5.74) is -0.276. The van der Waals surface area contributed by atoms with Crippen LogP contribution in [-0.4, -0.2) is 36.1 Å². The molecular formula is C17H33N3. The zero-order chi connectivity index (χ0) is 15.0. The van der Waals surface area contributed by atoms with Gasteiger partial charge in [0.1, 0.15) is 5.54 Å². The maximum absolute atomic E-state index is 9.64. The van der Waals surface area contributed by atoms with Crippen LogP contribution in [0.5, 0.6) is 0 Å². The molecule has 1 aliphatic carbocycles. The van der Waals surface area contributed by atoms with Crippen LogP contribution in [0.2, 0.25) is 0 Å². The van der Waals surface area contributed by atoms with E-state index < -0.39 is 0 Å². The highest BCUT2D eigenvalue weighted by molar-refractivity contribution is 5.11. The Labute approximate surface area is 125 Å². The van der Waals surface area contributed by atoms with Gasteiger partial charge >= 0.3 is 0 Å². The van der Waals surface area contributed by atoms with Gasteiger partial charge in [0.15, 0.2) is 0 Å². The van der Waals surface area contributed by atoms with Crippen LogP contribution in [-0.2, 0) is 0 Å². The second kappa shape index (κ2) is 8.64. The van der Waals surface area contributed by atoms with Gasteiger partial charge in [-0.05, 0) is 51.1 Å². The summed E-state index contributed by atoms with van der Waals surface area (Å²) in [7, 11) is 0. The number of nitrogens with one attached hydrogen (secondary N) is 1. The SMILES string of the molecule is CCCNC1(C#N)CCCC(N(CC)CC(C)CC)C1. The minimum Gasteiger partial charge on any atom is -0.300 e. The van der Waals surface area contributed by atoms with E-state index in [4.69, 9.17) is 0 Å². The van der Waals surface area contributed by atoms with Gasteiger partial charge in [0, 0.05) is 12.6 Å². The van der Waals surface area contributed by atoms with E-state index >= 15 is 0 Å². The van der Waals surface area contributed by atoms with Crippen molar-refractivity contribution < 1.29 is 0 Å². The van der Waals surface area contributed by atoms with E-state index in [1.807, 2.05) is 0 Å². The summed E-state index contributed by atoms with van der Waals surface area (Å²) in [4.78, 5) is 2.60. The monoisotopic (exact) mass is 279 g/mol. The quantitative estimate of drug-likeness (QED) is 0.738. The third kappa shape index (κ3) is 4.75. The summed E-state index contributed by atoms with van der Waals surface area (Å²) in [5, 5.41) is 13.2. The van der Waals surface area contributed by atoms with Gasteiger partial charge in [-0.25, -0.2) is 0 Å². The first kappa shape index (κ1) is 17.5. The van der Waals surface area contributed by atoms with Crippen LogP contribution in [0.15, 0.2) is 0 Å². The van der Waals surface area contributed by atoms with Crippen molar-refractivity contribution >= 4 is 0 Å². The van der Waals surface area contributed by atoms with Crippen LogP contribution in [0.4, 0.5) is 0 Å². The molecular weight excluding hydrogens is 246 g/mol. The minimum atomic E-state index is -0.276. The Bertz CT molecular complexity index is 310. The van der Waals surface area contributed by atoms with Crippen LogP contribution in [0, 0.1) is 17.2 Å². The number of hydrogen-bond acceptors (Lipinski definition) is 3. The van der Waals surface area contributed by atoms with E-state index in [0.29, 0.717) is 6.04 Å². The molecule has 0 aromatic heterocycles. The molecule has 0 aromatic carbocycles. The Morgan fingerprint density at radius 1 is 1.40 bits per heavy atom. The number of nitriles is 1. The predicted octanol–water partition coefficient (Wildman–Crippen LogP) is 3.56. The van der Waals surface area contributed by atoms with Gasteiger partial charge in [-0.2, -0.15) is 5.26 Å². The lowest BCUT2D eigenvalue weighted by Gasteiger charge is -2.42. The largest absolute Gasteiger partial charge is 0.300 e. The van der Waals surface area contributed by atoms with E-state index in [2.05, 4.69) is 44.0 Å². The van der Waals surface area contributed by atoms with Crippen molar-refractivity contribution in [2.24, 2.45) is 5.92 Å². The fourth-order valence-electron chi connectivity index (χ4n) is 3.29. The van der Waals surface area contributed by atoms with Crippen molar-refractivity contribution in [3.63, 3.8) is 0 Å². The molecule has 0 spiro atoms. The van der Waals surface area contributed by atoms with E-state index in [-0.39, 0.29) is 5.54 Å². The molecule has 0 amide bonds. The van der Waals surface area contributed by atoms with Crippen LogP contribution in [0.3, 0.4) is 0 Å². The summed E-state index contributed by atoms with van der Waals surface area (Å²) >= 11 is 0. The lowest BCUT2D eigenvalue weighted by molar-refractivity contribution is 0.110. The summed E-state index contributed by atoms with van der Waals surface area (Å²) in [6, 6.07) is 3.17. The fourth-order valence-corrected chi connectivity index (χ4v) is 3.29. The van der Waals surface area contributed by atoms with Crippen LogP contribution >= 0.6 is 0 Å². The van der Waals surface area contributed by atoms with E-state index in [1.54, 1.807) is 0 Å². The van der Waals surface area contributed by atoms with Crippen LogP contribution < -0.4 is 5.32 Å².